The maximum Gasteiger partial charge on any atom is 0.549 e. The van der Waals surface area contributed by atoms with E-state index in [9.17, 15) is 32.6 Å². The van der Waals surface area contributed by atoms with Gasteiger partial charge >= 0.3 is 67.1 Å². The Morgan fingerprint density at radius 3 is 1.42 bits per heavy atom. The van der Waals surface area contributed by atoms with E-state index in [-0.39, 0.29) is 30.7 Å². The summed E-state index contributed by atoms with van der Waals surface area (Å²) in [6, 6.07) is 9.72. The Hall–Kier alpha value is -1.91. The third-order valence-corrected chi connectivity index (χ3v) is 64.0. The summed E-state index contributed by atoms with van der Waals surface area (Å²) in [5, 5.41) is 1.09. The number of allylic oxidation sites excluding steroid dienone is 3. The summed E-state index contributed by atoms with van der Waals surface area (Å²) >= 11 is 0. The van der Waals surface area contributed by atoms with Crippen molar-refractivity contribution >= 4 is 116 Å². The summed E-state index contributed by atoms with van der Waals surface area (Å²) in [5.41, 5.74) is -0.00285. The lowest BCUT2D eigenvalue weighted by Crippen LogP contribution is -2.58. The predicted molar refractivity (Wildman–Crippen MR) is 314 cm³/mol. The van der Waals surface area contributed by atoms with E-state index in [0.717, 1.165) is 18.9 Å². The van der Waals surface area contributed by atoms with Crippen molar-refractivity contribution in [3.8, 4) is 0 Å². The summed E-state index contributed by atoms with van der Waals surface area (Å²) in [6.45, 7) is 45.9. The zero-order chi connectivity index (χ0) is 57.1. The minimum atomic E-state index is -3.13. The Balaban J connectivity index is -0.000000897. The molecule has 408 valence electrons. The lowest BCUT2D eigenvalue weighted by Gasteiger charge is -2.34. The minimum absolute atomic E-state index is 0.00348. The van der Waals surface area contributed by atoms with Crippen LogP contribution in [0.25, 0.3) is 0 Å². The fraction of sp³-hybridized carbons (Fsp3) is 0.575. The van der Waals surface area contributed by atoms with Gasteiger partial charge in [0.1, 0.15) is 0 Å². The average molecular weight is 1230 g/mol. The van der Waals surface area contributed by atoms with Gasteiger partial charge in [0, 0.05) is 39.1 Å². The third-order valence-electron chi connectivity index (χ3n) is 10.2. The second-order valence-corrected chi connectivity index (χ2v) is 68.1. The molecular weight excluding hydrogens is 1140 g/mol. The summed E-state index contributed by atoms with van der Waals surface area (Å²) in [5.74, 6) is 0. The van der Waals surface area contributed by atoms with E-state index in [0.29, 0.717) is 0 Å². The van der Waals surface area contributed by atoms with E-state index in [1.165, 1.54) is 33.5 Å². The highest BCUT2D eigenvalue weighted by molar-refractivity contribution is 7.60. The van der Waals surface area contributed by atoms with Crippen molar-refractivity contribution < 1.29 is 56.8 Å². The SMILES string of the molecule is C=CC(C)(C)[Si](C)(C)C=C.C=CCn1c(=O)n(CC=C)c(=O)n(CC[Si](OC)(OC)OC)c1=O.C[SiH](C)O[Si](O)(O[SiH](C)C)c1ccccc1.C[SiH](O[Si](C)(C)C)[Si](=O)[Si](=O)[Si](=O)[SiH2]O[Si](C)(C)C.O=[Si]=O. The third kappa shape index (κ3) is 27.8. The van der Waals surface area contributed by atoms with Crippen molar-refractivity contribution in [1.29, 1.82) is 0 Å². The Bertz CT molecular complexity index is 2190. The van der Waals surface area contributed by atoms with Crippen LogP contribution in [0.4, 0.5) is 0 Å². The number of rotatable bonds is 26. The van der Waals surface area contributed by atoms with Gasteiger partial charge in [0.15, 0.2) is 34.7 Å². The summed E-state index contributed by atoms with van der Waals surface area (Å²) in [7, 11) is -20.8. The highest BCUT2D eigenvalue weighted by Gasteiger charge is 2.42. The van der Waals surface area contributed by atoms with Crippen LogP contribution in [0.2, 0.25) is 96.2 Å². The van der Waals surface area contributed by atoms with Crippen LogP contribution in [0, 0.1) is 0 Å². The molecule has 0 saturated carbocycles. The van der Waals surface area contributed by atoms with Gasteiger partial charge in [0.25, 0.3) is 0 Å². The zero-order valence-corrected chi connectivity index (χ0v) is 60.1. The number of nitrogens with zero attached hydrogens (tertiary/aromatic N) is 3. The van der Waals surface area contributed by atoms with Gasteiger partial charge in [0.05, 0.1) is 21.2 Å². The van der Waals surface area contributed by atoms with Crippen molar-refractivity contribution in [3.63, 3.8) is 0 Å². The van der Waals surface area contributed by atoms with E-state index in [1.54, 1.807) is 0 Å². The predicted octanol–water partition coefficient (Wildman–Crippen LogP) is 3.14. The largest absolute Gasteiger partial charge is 0.549 e. The highest BCUT2D eigenvalue weighted by atomic mass is 29.9. The molecule has 1 N–H and O–H groups in total. The van der Waals surface area contributed by atoms with Crippen molar-refractivity contribution in [3.05, 3.63) is 112 Å². The molecule has 1 atom stereocenters. The first-order valence-electron chi connectivity index (χ1n) is 23.1. The van der Waals surface area contributed by atoms with Crippen molar-refractivity contribution in [2.24, 2.45) is 0 Å². The first-order chi connectivity index (χ1) is 33.0. The van der Waals surface area contributed by atoms with E-state index < -0.39 is 128 Å². The standard InChI is InChI=1S/C14H23N3O6Si.C10H20O3Si3.C9H18Si.C7H24O5Si7.O2Si/c1-6-8-15-12(18)16(9-7-2)14(20)17(13(15)19)10-11-24(21-3,22-4)23-5;1-14(2)12-16(11,13-15(3)4)10-8-6-5-7-9-10;1-7-9(3,4)10(5,6)8-2;1-14(12-19(5,6)7)16(9)17(10)15(8)13-11-18(2,3)4;1-3-2/h6-7H,1-2,8-11H2,3-5H3;5-9,11,14-15H,1-4H3;7-8H,1-2H2,3-6H3;14H,13H2,1-7H3;. The Morgan fingerprint density at radius 2 is 1.11 bits per heavy atom. The fourth-order valence-electron chi connectivity index (χ4n) is 5.48. The summed E-state index contributed by atoms with van der Waals surface area (Å²) in [4.78, 5) is 47.8. The highest BCUT2D eigenvalue weighted by Crippen LogP contribution is 2.38. The van der Waals surface area contributed by atoms with E-state index in [4.69, 9.17) is 38.7 Å². The molecule has 0 saturated heterocycles. The van der Waals surface area contributed by atoms with Crippen LogP contribution in [0.5, 0.6) is 0 Å². The molecule has 0 fully saturated rings. The van der Waals surface area contributed by atoms with E-state index in [1.807, 2.05) is 108 Å². The van der Waals surface area contributed by atoms with Crippen molar-refractivity contribution in [2.75, 3.05) is 21.3 Å². The van der Waals surface area contributed by atoms with Gasteiger partial charge in [-0.2, -0.15) is 0 Å². The fourth-order valence-corrected chi connectivity index (χ4v) is 67.4. The number of hydrogen-bond acceptors (Lipinski definition) is 16. The first-order valence-corrected chi connectivity index (χ1v) is 55.6. The lowest BCUT2D eigenvalue weighted by molar-refractivity contribution is 0.121. The molecule has 2 aromatic rings. The number of aromatic nitrogens is 3. The molecule has 1 unspecified atom stereocenters. The first kappa shape index (κ1) is 74.3. The van der Waals surface area contributed by atoms with Crippen LogP contribution in [0.3, 0.4) is 0 Å². The Morgan fingerprint density at radius 1 is 0.708 bits per heavy atom. The van der Waals surface area contributed by atoms with E-state index in [2.05, 4.69) is 59.0 Å². The zero-order valence-electron chi connectivity index (χ0n) is 46.2. The van der Waals surface area contributed by atoms with Gasteiger partial charge < -0.3 is 47.9 Å². The van der Waals surface area contributed by atoms with Crippen LogP contribution in [-0.2, 0) is 71.7 Å². The van der Waals surface area contributed by atoms with Crippen molar-refractivity contribution in [2.45, 2.75) is 130 Å². The van der Waals surface area contributed by atoms with Crippen LogP contribution in [-0.4, -0.2) is 151 Å². The van der Waals surface area contributed by atoms with Gasteiger partial charge in [-0.25, -0.2) is 28.1 Å². The molecule has 0 aliphatic carbocycles. The van der Waals surface area contributed by atoms with Crippen LogP contribution in [0.15, 0.2) is 95.0 Å². The van der Waals surface area contributed by atoms with Gasteiger partial charge in [0.2, 0.25) is 17.8 Å². The second kappa shape index (κ2) is 35.4. The van der Waals surface area contributed by atoms with Gasteiger partial charge in [-0.05, 0) is 77.1 Å². The minimum Gasteiger partial charge on any atom is -0.457 e. The van der Waals surface area contributed by atoms with Crippen molar-refractivity contribution in [1.82, 2.24) is 13.7 Å². The second-order valence-electron chi connectivity index (χ2n) is 19.4. The summed E-state index contributed by atoms with van der Waals surface area (Å²) in [6.07, 6.45) is 4.86. The molecule has 0 spiro atoms. The maximum atomic E-state index is 12.5. The van der Waals surface area contributed by atoms with Gasteiger partial charge in [-0.3, -0.25) is 8.92 Å². The van der Waals surface area contributed by atoms with E-state index >= 15 is 0 Å². The van der Waals surface area contributed by atoms with Gasteiger partial charge in [-0.1, -0.05) is 75.5 Å². The topological polar surface area (TPSA) is 236 Å². The average Bonchev–Trinajstić information content (AvgIpc) is 3.29. The maximum absolute atomic E-state index is 12.5. The molecule has 0 radical (unpaired) electrons. The molecule has 32 heteroatoms. The van der Waals surface area contributed by atoms with Crippen LogP contribution >= 0.6 is 0 Å². The lowest BCUT2D eigenvalue weighted by atomic mass is 10.2. The Kier molecular flexibility index (Phi) is 36.6. The molecule has 0 aliphatic heterocycles. The molecular formula is C40H85N3O16Si13. The quantitative estimate of drug-likeness (QED) is 0.105. The molecule has 2 rings (SSSR count). The number of hydrogen-bond donors (Lipinski definition) is 1. The normalized spacial score (nSPS) is 12.3. The molecule has 1 heterocycles. The molecule has 72 heavy (non-hydrogen) atoms. The molecule has 0 bridgehead atoms. The molecule has 0 aliphatic rings. The smallest absolute Gasteiger partial charge is 0.457 e. The van der Waals surface area contributed by atoms with Crippen LogP contribution < -0.4 is 22.3 Å². The summed E-state index contributed by atoms with van der Waals surface area (Å²) < 4.78 is 94.7. The molecule has 1 aromatic heterocycles. The number of benzene rings is 1. The monoisotopic (exact) mass is 1230 g/mol. The van der Waals surface area contributed by atoms with Crippen LogP contribution in [0.1, 0.15) is 13.8 Å². The molecule has 1 aromatic carbocycles. The van der Waals surface area contributed by atoms with Gasteiger partial charge in [-0.15, -0.1) is 32.0 Å². The Labute approximate surface area is 446 Å². The molecule has 0 amide bonds. The molecule has 19 nitrogen and oxygen atoms in total.